The number of sulfone groups is 1. The highest BCUT2D eigenvalue weighted by Gasteiger charge is 2.31. The van der Waals surface area contributed by atoms with Crippen LogP contribution in [-0.4, -0.2) is 27.3 Å². The molecule has 1 aromatic rings. The molecule has 0 radical (unpaired) electrons. The van der Waals surface area contributed by atoms with Gasteiger partial charge in [-0.3, -0.25) is 0 Å². The molecule has 16 heavy (non-hydrogen) atoms. The Hall–Kier alpha value is -1.17. The fraction of sp³-hybridized carbons (Fsp3) is 0.273. The molecular weight excluding hydrogens is 228 g/mol. The van der Waals surface area contributed by atoms with E-state index in [1.165, 1.54) is 13.2 Å². The third-order valence-electron chi connectivity index (χ3n) is 2.30. The van der Waals surface area contributed by atoms with Crippen molar-refractivity contribution in [2.45, 2.75) is 16.6 Å². The second-order valence-corrected chi connectivity index (χ2v) is 5.38. The third kappa shape index (κ3) is 2.02. The van der Waals surface area contributed by atoms with E-state index in [4.69, 9.17) is 9.47 Å². The maximum Gasteiger partial charge on any atom is 0.209 e. The van der Waals surface area contributed by atoms with Crippen LogP contribution in [0.3, 0.4) is 0 Å². The van der Waals surface area contributed by atoms with E-state index in [9.17, 15) is 8.42 Å². The summed E-state index contributed by atoms with van der Waals surface area (Å²) in [5, 5.41) is 0. The average molecular weight is 240 g/mol. The van der Waals surface area contributed by atoms with Crippen molar-refractivity contribution in [3.8, 4) is 0 Å². The molecule has 1 aromatic carbocycles. The number of methoxy groups -OCH3 is 1. The van der Waals surface area contributed by atoms with Crippen LogP contribution in [0.1, 0.15) is 0 Å². The smallest absolute Gasteiger partial charge is 0.209 e. The molecule has 2 rings (SSSR count). The summed E-state index contributed by atoms with van der Waals surface area (Å²) in [5.41, 5.74) is -0.958. The maximum absolute atomic E-state index is 12.1. The van der Waals surface area contributed by atoms with E-state index in [1.54, 1.807) is 36.4 Å². The lowest BCUT2D eigenvalue weighted by molar-refractivity contribution is -0.0789. The van der Waals surface area contributed by atoms with Gasteiger partial charge in [-0.25, -0.2) is 8.42 Å². The zero-order valence-corrected chi connectivity index (χ0v) is 9.55. The van der Waals surface area contributed by atoms with Crippen LogP contribution in [0.15, 0.2) is 47.4 Å². The molecule has 0 unspecified atom stereocenters. The minimum atomic E-state index is -3.47. The van der Waals surface area contributed by atoms with Crippen molar-refractivity contribution in [3.05, 3.63) is 42.5 Å². The van der Waals surface area contributed by atoms with Gasteiger partial charge in [-0.1, -0.05) is 18.2 Å². The molecule has 0 fully saturated rings. The first-order chi connectivity index (χ1) is 7.64. The molecule has 0 bridgehead atoms. The monoisotopic (exact) mass is 240 g/mol. The summed E-state index contributed by atoms with van der Waals surface area (Å²) in [6.07, 6.45) is 2.50. The minimum absolute atomic E-state index is 0.251. The molecule has 0 aliphatic carbocycles. The Labute approximate surface area is 94.4 Å². The molecule has 0 aromatic heterocycles. The predicted molar refractivity (Wildman–Crippen MR) is 58.4 cm³/mol. The van der Waals surface area contributed by atoms with Gasteiger partial charge in [0, 0.05) is 7.11 Å². The van der Waals surface area contributed by atoms with Gasteiger partial charge in [0.1, 0.15) is 0 Å². The third-order valence-corrected chi connectivity index (χ3v) is 4.11. The van der Waals surface area contributed by atoms with E-state index in [0.717, 1.165) is 0 Å². The second-order valence-electron chi connectivity index (χ2n) is 3.35. The Bertz CT molecular complexity index is 478. The summed E-state index contributed by atoms with van der Waals surface area (Å²) in [6, 6.07) is 8.22. The fourth-order valence-corrected chi connectivity index (χ4v) is 2.82. The standard InChI is InChI=1S/C11H12O4S/c1-14-10-7-8-11(15-10)16(12,13)9-5-3-2-4-6-9/h2-8,10-11H,1H3/t10-,11-/m0/s1. The predicted octanol–water partition coefficient (Wildman–Crippen LogP) is 1.35. The molecular formula is C11H12O4S. The lowest BCUT2D eigenvalue weighted by Crippen LogP contribution is -2.23. The molecule has 0 spiro atoms. The highest BCUT2D eigenvalue weighted by Crippen LogP contribution is 2.23. The van der Waals surface area contributed by atoms with Crippen molar-refractivity contribution in [2.24, 2.45) is 0 Å². The van der Waals surface area contributed by atoms with E-state index in [2.05, 4.69) is 0 Å². The summed E-state index contributed by atoms with van der Waals surface area (Å²) in [6.45, 7) is 0. The molecule has 1 heterocycles. The van der Waals surface area contributed by atoms with Crippen LogP contribution < -0.4 is 0 Å². The van der Waals surface area contributed by atoms with Crippen LogP contribution in [0.5, 0.6) is 0 Å². The van der Waals surface area contributed by atoms with E-state index in [1.807, 2.05) is 0 Å². The Kier molecular flexibility index (Phi) is 3.09. The fourth-order valence-electron chi connectivity index (χ4n) is 1.46. The van der Waals surface area contributed by atoms with Crippen LogP contribution in [0.25, 0.3) is 0 Å². The second kappa shape index (κ2) is 4.37. The van der Waals surface area contributed by atoms with Gasteiger partial charge in [-0.15, -0.1) is 0 Å². The molecule has 0 saturated heterocycles. The van der Waals surface area contributed by atoms with Gasteiger partial charge < -0.3 is 9.47 Å². The molecule has 0 amide bonds. The first-order valence-corrected chi connectivity index (χ1v) is 6.35. The average Bonchev–Trinajstić information content (AvgIpc) is 2.79. The first-order valence-electron chi connectivity index (χ1n) is 4.80. The zero-order chi connectivity index (χ0) is 11.6. The van der Waals surface area contributed by atoms with Gasteiger partial charge in [-0.2, -0.15) is 0 Å². The lowest BCUT2D eigenvalue weighted by atomic mass is 10.4. The van der Waals surface area contributed by atoms with Crippen molar-refractivity contribution < 1.29 is 17.9 Å². The molecule has 4 nitrogen and oxygen atoms in total. The van der Waals surface area contributed by atoms with Gasteiger partial charge in [0.05, 0.1) is 4.90 Å². The summed E-state index contributed by atoms with van der Waals surface area (Å²) in [5.74, 6) is 0. The number of hydrogen-bond acceptors (Lipinski definition) is 4. The Morgan fingerprint density at radius 2 is 1.88 bits per heavy atom. The molecule has 0 N–H and O–H groups in total. The van der Waals surface area contributed by atoms with E-state index in [-0.39, 0.29) is 4.90 Å². The highest BCUT2D eigenvalue weighted by atomic mass is 32.2. The number of rotatable bonds is 3. The van der Waals surface area contributed by atoms with Gasteiger partial charge in [0.2, 0.25) is 9.84 Å². The summed E-state index contributed by atoms with van der Waals surface area (Å²) in [4.78, 5) is 0.251. The van der Waals surface area contributed by atoms with Gasteiger partial charge in [0.15, 0.2) is 11.7 Å². The minimum Gasteiger partial charge on any atom is -0.352 e. The topological polar surface area (TPSA) is 52.6 Å². The Balaban J connectivity index is 2.26. The lowest BCUT2D eigenvalue weighted by Gasteiger charge is -2.13. The Morgan fingerprint density at radius 1 is 1.19 bits per heavy atom. The van der Waals surface area contributed by atoms with Crippen LogP contribution in [0.2, 0.25) is 0 Å². The SMILES string of the molecule is CO[C@@H]1C=C[C@H](S(=O)(=O)c2ccccc2)O1. The normalized spacial score (nSPS) is 24.8. The van der Waals surface area contributed by atoms with Crippen molar-refractivity contribution in [3.63, 3.8) is 0 Å². The zero-order valence-electron chi connectivity index (χ0n) is 8.74. The summed E-state index contributed by atoms with van der Waals surface area (Å²) in [7, 11) is -2.01. The molecule has 5 heteroatoms. The van der Waals surface area contributed by atoms with Gasteiger partial charge >= 0.3 is 0 Å². The number of benzene rings is 1. The summed E-state index contributed by atoms with van der Waals surface area (Å²) >= 11 is 0. The van der Waals surface area contributed by atoms with Crippen LogP contribution >= 0.6 is 0 Å². The molecule has 86 valence electrons. The van der Waals surface area contributed by atoms with Gasteiger partial charge in [-0.05, 0) is 24.3 Å². The molecule has 1 aliphatic rings. The van der Waals surface area contributed by atoms with Crippen molar-refractivity contribution in [1.29, 1.82) is 0 Å². The Morgan fingerprint density at radius 3 is 2.44 bits per heavy atom. The van der Waals surface area contributed by atoms with Crippen LogP contribution in [0.4, 0.5) is 0 Å². The van der Waals surface area contributed by atoms with E-state index >= 15 is 0 Å². The van der Waals surface area contributed by atoms with Crippen LogP contribution in [0, 0.1) is 0 Å². The van der Waals surface area contributed by atoms with Crippen molar-refractivity contribution in [1.82, 2.24) is 0 Å². The highest BCUT2D eigenvalue weighted by molar-refractivity contribution is 7.92. The quantitative estimate of drug-likeness (QED) is 0.748. The largest absolute Gasteiger partial charge is 0.352 e. The molecule has 0 saturated carbocycles. The van der Waals surface area contributed by atoms with E-state index in [0.29, 0.717) is 0 Å². The number of hydrogen-bond donors (Lipinski definition) is 0. The first kappa shape index (κ1) is 11.3. The summed E-state index contributed by atoms with van der Waals surface area (Å²) < 4.78 is 34.2. The van der Waals surface area contributed by atoms with E-state index < -0.39 is 21.6 Å². The van der Waals surface area contributed by atoms with Gasteiger partial charge in [0.25, 0.3) is 0 Å². The number of ether oxygens (including phenoxy) is 2. The molecule has 2 atom stereocenters. The van der Waals surface area contributed by atoms with Crippen LogP contribution in [-0.2, 0) is 19.3 Å². The maximum atomic E-state index is 12.1. The van der Waals surface area contributed by atoms with Crippen molar-refractivity contribution in [2.75, 3.05) is 7.11 Å². The van der Waals surface area contributed by atoms with Crippen molar-refractivity contribution >= 4 is 9.84 Å². The molecule has 1 aliphatic heterocycles.